The van der Waals surface area contributed by atoms with Gasteiger partial charge in [0.15, 0.2) is 0 Å². The van der Waals surface area contributed by atoms with Crippen LogP contribution < -0.4 is 5.32 Å². The van der Waals surface area contributed by atoms with Crippen LogP contribution in [-0.4, -0.2) is 52.3 Å². The number of aliphatic hydroxyl groups is 1. The molecule has 0 saturated carbocycles. The Labute approximate surface area is 101 Å². The van der Waals surface area contributed by atoms with Gasteiger partial charge in [0, 0.05) is 25.6 Å². The zero-order valence-electron chi connectivity index (χ0n) is 10.2. The van der Waals surface area contributed by atoms with Gasteiger partial charge in [-0.2, -0.15) is 0 Å². The minimum atomic E-state index is -1.12. The summed E-state index contributed by atoms with van der Waals surface area (Å²) in [6.45, 7) is 4.40. The maximum Gasteiger partial charge on any atom is 0.326 e. The molecule has 3 atom stereocenters. The van der Waals surface area contributed by atoms with Crippen LogP contribution in [0.15, 0.2) is 0 Å². The van der Waals surface area contributed by atoms with Crippen LogP contribution in [0.4, 0.5) is 4.79 Å². The van der Waals surface area contributed by atoms with Crippen molar-refractivity contribution in [3.63, 3.8) is 0 Å². The second-order valence-corrected chi connectivity index (χ2v) is 4.69. The van der Waals surface area contributed by atoms with Crippen LogP contribution in [0.1, 0.15) is 26.7 Å². The number of amides is 2. The molecule has 6 heteroatoms. The lowest BCUT2D eigenvalue weighted by Gasteiger charge is -2.24. The molecule has 0 aromatic heterocycles. The van der Waals surface area contributed by atoms with E-state index in [-0.39, 0.29) is 25.1 Å². The molecule has 1 rings (SSSR count). The zero-order chi connectivity index (χ0) is 13.0. The molecule has 1 fully saturated rings. The van der Waals surface area contributed by atoms with Crippen LogP contribution in [0.25, 0.3) is 0 Å². The smallest absolute Gasteiger partial charge is 0.326 e. The maximum absolute atomic E-state index is 11.9. The third kappa shape index (κ3) is 3.59. The highest BCUT2D eigenvalue weighted by atomic mass is 16.4. The Bertz CT molecular complexity index is 295. The van der Waals surface area contributed by atoms with Gasteiger partial charge in [0.2, 0.25) is 0 Å². The highest BCUT2D eigenvalue weighted by molar-refractivity contribution is 5.82. The molecule has 0 aromatic rings. The van der Waals surface area contributed by atoms with Gasteiger partial charge in [-0.25, -0.2) is 9.59 Å². The Morgan fingerprint density at radius 2 is 2.12 bits per heavy atom. The number of carboxylic acids is 1. The summed E-state index contributed by atoms with van der Waals surface area (Å²) >= 11 is 0. The van der Waals surface area contributed by atoms with Crippen LogP contribution in [0, 0.1) is 5.92 Å². The number of carbonyl (C=O) groups excluding carboxylic acids is 1. The van der Waals surface area contributed by atoms with E-state index in [1.165, 1.54) is 0 Å². The van der Waals surface area contributed by atoms with E-state index in [9.17, 15) is 9.59 Å². The molecule has 2 amide bonds. The molecule has 1 aliphatic rings. The van der Waals surface area contributed by atoms with Crippen molar-refractivity contribution >= 4 is 12.0 Å². The van der Waals surface area contributed by atoms with Gasteiger partial charge in [-0.1, -0.05) is 6.92 Å². The highest BCUT2D eigenvalue weighted by Gasteiger charge is 2.31. The Balaban J connectivity index is 2.55. The summed E-state index contributed by atoms with van der Waals surface area (Å²) in [6.07, 6.45) is 0.962. The van der Waals surface area contributed by atoms with Crippen molar-refractivity contribution in [1.82, 2.24) is 10.2 Å². The van der Waals surface area contributed by atoms with Crippen LogP contribution in [0.5, 0.6) is 0 Å². The monoisotopic (exact) mass is 244 g/mol. The molecule has 3 N–H and O–H groups in total. The fraction of sp³-hybridized carbons (Fsp3) is 0.818. The summed E-state index contributed by atoms with van der Waals surface area (Å²) < 4.78 is 0. The van der Waals surface area contributed by atoms with E-state index in [0.717, 1.165) is 6.42 Å². The molecule has 1 saturated heterocycles. The third-order valence-electron chi connectivity index (χ3n) is 3.06. The third-order valence-corrected chi connectivity index (χ3v) is 3.06. The molecule has 0 radical (unpaired) electrons. The van der Waals surface area contributed by atoms with E-state index in [4.69, 9.17) is 10.2 Å². The minimum Gasteiger partial charge on any atom is -0.480 e. The van der Waals surface area contributed by atoms with Gasteiger partial charge in [-0.05, 0) is 19.3 Å². The Morgan fingerprint density at radius 3 is 2.53 bits per heavy atom. The molecule has 6 nitrogen and oxygen atoms in total. The number of aliphatic carboxylic acids is 1. The van der Waals surface area contributed by atoms with Crippen LogP contribution >= 0.6 is 0 Å². The number of likely N-dealkylation sites (tertiary alicyclic amines) is 1. The van der Waals surface area contributed by atoms with E-state index >= 15 is 0 Å². The molecule has 1 heterocycles. The second kappa shape index (κ2) is 5.86. The molecule has 1 aliphatic heterocycles. The first-order valence-corrected chi connectivity index (χ1v) is 5.86. The normalized spacial score (nSPS) is 25.7. The van der Waals surface area contributed by atoms with Crippen molar-refractivity contribution in [2.75, 3.05) is 13.2 Å². The van der Waals surface area contributed by atoms with Gasteiger partial charge in [0.05, 0.1) is 0 Å². The first-order valence-electron chi connectivity index (χ1n) is 5.86. The largest absolute Gasteiger partial charge is 0.480 e. The fourth-order valence-electron chi connectivity index (χ4n) is 2.20. The summed E-state index contributed by atoms with van der Waals surface area (Å²) in [4.78, 5) is 24.4. The lowest BCUT2D eigenvalue weighted by atomic mass is 10.1. The van der Waals surface area contributed by atoms with Gasteiger partial charge in [-0.3, -0.25) is 0 Å². The number of urea groups is 1. The van der Waals surface area contributed by atoms with Crippen LogP contribution in [-0.2, 0) is 4.79 Å². The summed E-state index contributed by atoms with van der Waals surface area (Å²) in [5, 5.41) is 20.0. The predicted octanol–water partition coefficient (Wildman–Crippen LogP) is 0.262. The summed E-state index contributed by atoms with van der Waals surface area (Å²) in [7, 11) is 0. The minimum absolute atomic E-state index is 0.0266. The molecular formula is C11H20N2O4. The molecule has 2 unspecified atom stereocenters. The molecule has 17 heavy (non-hydrogen) atoms. The van der Waals surface area contributed by atoms with E-state index in [0.29, 0.717) is 12.5 Å². The fourth-order valence-corrected chi connectivity index (χ4v) is 2.20. The quantitative estimate of drug-likeness (QED) is 0.661. The molecule has 98 valence electrons. The number of hydrogen-bond donors (Lipinski definition) is 3. The van der Waals surface area contributed by atoms with E-state index in [2.05, 4.69) is 12.2 Å². The van der Waals surface area contributed by atoms with Crippen molar-refractivity contribution in [2.45, 2.75) is 38.8 Å². The number of rotatable bonds is 4. The number of carbonyl (C=O) groups is 2. The van der Waals surface area contributed by atoms with Gasteiger partial charge in [0.1, 0.15) is 6.04 Å². The zero-order valence-corrected chi connectivity index (χ0v) is 10.2. The Kier molecular flexibility index (Phi) is 4.74. The molecule has 0 bridgehead atoms. The summed E-state index contributed by atoms with van der Waals surface area (Å²) in [6, 6.07) is -1.24. The van der Waals surface area contributed by atoms with E-state index in [1.807, 2.05) is 6.92 Å². The average molecular weight is 244 g/mol. The number of nitrogens with one attached hydrogen (secondary N) is 1. The lowest BCUT2D eigenvalue weighted by molar-refractivity contribution is -0.139. The topological polar surface area (TPSA) is 89.9 Å². The predicted molar refractivity (Wildman–Crippen MR) is 61.6 cm³/mol. The maximum atomic E-state index is 11.9. The standard InChI is InChI=1S/C11H20N2O4/c1-7-5-8(2)13(6-7)11(17)12-9(3-4-14)10(15)16/h7-9,14H,3-6H2,1-2H3,(H,12,17)(H,15,16)/t7?,8?,9-/m0/s1. The molecule has 0 aliphatic carbocycles. The van der Waals surface area contributed by atoms with Crippen LogP contribution in [0.2, 0.25) is 0 Å². The van der Waals surface area contributed by atoms with Crippen LogP contribution in [0.3, 0.4) is 0 Å². The molecule has 0 spiro atoms. The summed E-state index contributed by atoms with van der Waals surface area (Å²) in [5.74, 6) is -0.677. The van der Waals surface area contributed by atoms with Crippen molar-refractivity contribution in [2.24, 2.45) is 5.92 Å². The average Bonchev–Trinajstić information content (AvgIpc) is 2.57. The van der Waals surface area contributed by atoms with Crippen molar-refractivity contribution in [3.8, 4) is 0 Å². The number of aliphatic hydroxyl groups excluding tert-OH is 1. The highest BCUT2D eigenvalue weighted by Crippen LogP contribution is 2.22. The Morgan fingerprint density at radius 1 is 1.47 bits per heavy atom. The first-order chi connectivity index (χ1) is 7.95. The molecular weight excluding hydrogens is 224 g/mol. The SMILES string of the molecule is CC1CC(C)N(C(=O)N[C@@H](CCO)C(=O)O)C1. The number of carboxylic acid groups (broad SMARTS) is 1. The Hall–Kier alpha value is -1.30. The van der Waals surface area contributed by atoms with E-state index in [1.54, 1.807) is 4.90 Å². The molecule has 0 aromatic carbocycles. The van der Waals surface area contributed by atoms with Crippen molar-refractivity contribution in [1.29, 1.82) is 0 Å². The van der Waals surface area contributed by atoms with Gasteiger partial charge in [0.25, 0.3) is 0 Å². The van der Waals surface area contributed by atoms with Gasteiger partial charge < -0.3 is 20.4 Å². The van der Waals surface area contributed by atoms with Crippen molar-refractivity contribution < 1.29 is 19.8 Å². The second-order valence-electron chi connectivity index (χ2n) is 4.69. The van der Waals surface area contributed by atoms with Gasteiger partial charge in [-0.15, -0.1) is 0 Å². The summed E-state index contributed by atoms with van der Waals surface area (Å²) in [5.41, 5.74) is 0. The van der Waals surface area contributed by atoms with E-state index < -0.39 is 12.0 Å². The van der Waals surface area contributed by atoms with Gasteiger partial charge >= 0.3 is 12.0 Å². The number of hydrogen-bond acceptors (Lipinski definition) is 3. The first kappa shape index (κ1) is 13.8. The lowest BCUT2D eigenvalue weighted by Crippen LogP contribution is -2.49. The van der Waals surface area contributed by atoms with Crippen molar-refractivity contribution in [3.05, 3.63) is 0 Å². The number of nitrogens with zero attached hydrogens (tertiary/aromatic N) is 1.